The molecule has 0 aliphatic heterocycles. The van der Waals surface area contributed by atoms with Crippen molar-refractivity contribution >= 4 is 33.8 Å². The zero-order valence-corrected chi connectivity index (χ0v) is 20.7. The van der Waals surface area contributed by atoms with Crippen LogP contribution in [-0.2, 0) is 14.1 Å². The topological polar surface area (TPSA) is 9.86 Å². The molecule has 0 amide bonds. The van der Waals surface area contributed by atoms with Crippen LogP contribution in [0.25, 0.3) is 32.3 Å². The summed E-state index contributed by atoms with van der Waals surface area (Å²) < 4.78 is 94.3. The normalized spacial score (nSPS) is 18.6. The highest BCUT2D eigenvalue weighted by Gasteiger charge is 2.80. The van der Waals surface area contributed by atoms with Gasteiger partial charge in [0.2, 0.25) is 0 Å². The van der Waals surface area contributed by atoms with Crippen LogP contribution in [0, 0.1) is 13.8 Å². The maximum absolute atomic E-state index is 15.4. The number of hydrogen-bond acceptors (Lipinski definition) is 2. The first-order valence-corrected chi connectivity index (χ1v) is 12.4. The highest BCUT2D eigenvalue weighted by Crippen LogP contribution is 2.65. The number of halogens is 6. The van der Waals surface area contributed by atoms with Crippen LogP contribution in [0.1, 0.15) is 22.5 Å². The van der Waals surface area contributed by atoms with E-state index < -0.39 is 28.9 Å². The monoisotopic (exact) mass is 526 g/mol. The van der Waals surface area contributed by atoms with Gasteiger partial charge in [0.15, 0.2) is 0 Å². The number of rotatable bonds is 4. The summed E-state index contributed by atoms with van der Waals surface area (Å²) in [5, 5.41) is 3.57. The number of thiophene rings is 2. The minimum absolute atomic E-state index is 0.195. The Balaban J connectivity index is 1.86. The Bertz CT molecular complexity index is 1350. The molecule has 0 unspecified atom stereocenters. The van der Waals surface area contributed by atoms with E-state index in [9.17, 15) is 8.78 Å². The van der Waals surface area contributed by atoms with Crippen molar-refractivity contribution in [2.75, 3.05) is 0 Å². The van der Waals surface area contributed by atoms with Crippen molar-refractivity contribution in [2.24, 2.45) is 14.1 Å². The molecule has 0 atom stereocenters. The fraction of sp³-hybridized carbons (Fsp3) is 0.280. The van der Waals surface area contributed by atoms with E-state index in [1.165, 1.54) is 48.7 Å². The molecule has 1 aliphatic carbocycles. The Morgan fingerprint density at radius 1 is 0.657 bits per heavy atom. The van der Waals surface area contributed by atoms with E-state index in [0.29, 0.717) is 21.1 Å². The molecule has 0 N–H and O–H groups in total. The maximum atomic E-state index is 15.4. The molecular weight excluding hydrogens is 506 g/mol. The largest absolute Gasteiger partial charge is 0.380 e. The lowest BCUT2D eigenvalue weighted by molar-refractivity contribution is -0.254. The zero-order chi connectivity index (χ0) is 25.5. The van der Waals surface area contributed by atoms with Gasteiger partial charge in [-0.25, -0.2) is 0 Å². The second-order valence-electron chi connectivity index (χ2n) is 8.60. The summed E-state index contributed by atoms with van der Waals surface area (Å²) in [4.78, 5) is 1.42. The van der Waals surface area contributed by atoms with Crippen molar-refractivity contribution in [2.45, 2.75) is 31.6 Å². The van der Waals surface area contributed by atoms with Crippen molar-refractivity contribution in [3.63, 3.8) is 0 Å². The molecule has 0 radical (unpaired) electrons. The summed E-state index contributed by atoms with van der Waals surface area (Å²) in [5.74, 6) is -15.8. The van der Waals surface area contributed by atoms with Gasteiger partial charge in [-0.3, -0.25) is 0 Å². The molecule has 4 aromatic rings. The average molecular weight is 527 g/mol. The lowest BCUT2D eigenvalue weighted by Gasteiger charge is -2.25. The van der Waals surface area contributed by atoms with Crippen LogP contribution in [0.3, 0.4) is 0 Å². The first-order valence-electron chi connectivity index (χ1n) is 10.6. The fourth-order valence-corrected chi connectivity index (χ4v) is 6.21. The predicted octanol–water partition coefficient (Wildman–Crippen LogP) is 8.27. The molecule has 0 spiro atoms. The Kier molecular flexibility index (Phi) is 5.24. The summed E-state index contributed by atoms with van der Waals surface area (Å²) in [6.07, 6.45) is 0. The van der Waals surface area contributed by atoms with Crippen molar-refractivity contribution in [1.82, 2.24) is 9.13 Å². The quantitative estimate of drug-likeness (QED) is 0.237. The third-order valence-corrected chi connectivity index (χ3v) is 8.61. The van der Waals surface area contributed by atoms with Crippen LogP contribution in [0.15, 0.2) is 47.2 Å². The first-order chi connectivity index (χ1) is 16.3. The molecule has 1 aliphatic rings. The van der Waals surface area contributed by atoms with Crippen LogP contribution in [0.2, 0.25) is 0 Å². The molecule has 4 aromatic heterocycles. The lowest BCUT2D eigenvalue weighted by Crippen LogP contribution is -2.49. The third-order valence-electron chi connectivity index (χ3n) is 6.82. The molecule has 184 valence electrons. The lowest BCUT2D eigenvalue weighted by atomic mass is 9.94. The second-order valence-corrected chi connectivity index (χ2v) is 10.5. The van der Waals surface area contributed by atoms with E-state index >= 15 is 17.6 Å². The molecule has 10 heteroatoms. The minimum atomic E-state index is -5.60. The molecule has 4 heterocycles. The fourth-order valence-electron chi connectivity index (χ4n) is 4.66. The molecule has 5 rings (SSSR count). The summed E-state index contributed by atoms with van der Waals surface area (Å²) in [6, 6.07) is 9.64. The first kappa shape index (κ1) is 24.0. The molecule has 0 aromatic carbocycles. The van der Waals surface area contributed by atoms with E-state index in [1.54, 1.807) is 58.3 Å². The highest BCUT2D eigenvalue weighted by molar-refractivity contribution is 7.13. The predicted molar refractivity (Wildman–Crippen MR) is 129 cm³/mol. The SMILES string of the molecule is Cc1c(C2=C(c3cc(-c4cccs4)n(C)c3C)C(F)(F)C(F)(F)C2(F)F)cc(-c2cccs2)n1C. The van der Waals surface area contributed by atoms with Gasteiger partial charge in [-0.2, -0.15) is 26.3 Å². The molecule has 35 heavy (non-hydrogen) atoms. The zero-order valence-electron chi connectivity index (χ0n) is 19.1. The van der Waals surface area contributed by atoms with Gasteiger partial charge in [0.1, 0.15) is 0 Å². The van der Waals surface area contributed by atoms with Gasteiger partial charge in [-0.05, 0) is 48.9 Å². The molecular formula is C25H20F6N2S2. The van der Waals surface area contributed by atoms with Crippen LogP contribution in [-0.4, -0.2) is 26.9 Å². The van der Waals surface area contributed by atoms with E-state index in [1.807, 2.05) is 0 Å². The third kappa shape index (κ3) is 3.08. The van der Waals surface area contributed by atoms with Gasteiger partial charge in [0.25, 0.3) is 0 Å². The van der Waals surface area contributed by atoms with Crippen molar-refractivity contribution < 1.29 is 26.3 Å². The van der Waals surface area contributed by atoms with Crippen molar-refractivity contribution in [3.8, 4) is 21.1 Å². The standard InChI is InChI=1S/C25H20F6N2S2/c1-13-15(11-17(32(13)3)19-7-5-9-34-19)21-22(24(28,29)25(30,31)23(21,26)27)16-12-18(33(4)14(16)2)20-8-6-10-35-20/h5-12H,1-4H3. The molecule has 0 saturated heterocycles. The van der Waals surface area contributed by atoms with Crippen LogP contribution < -0.4 is 0 Å². The van der Waals surface area contributed by atoms with Gasteiger partial charge in [0.05, 0.1) is 21.1 Å². The van der Waals surface area contributed by atoms with Gasteiger partial charge < -0.3 is 9.13 Å². The number of nitrogens with zero attached hydrogens (tertiary/aromatic N) is 2. The van der Waals surface area contributed by atoms with Crippen LogP contribution in [0.4, 0.5) is 26.3 Å². The van der Waals surface area contributed by atoms with E-state index in [2.05, 4.69) is 0 Å². The number of alkyl halides is 6. The number of hydrogen-bond donors (Lipinski definition) is 0. The van der Waals surface area contributed by atoms with Crippen molar-refractivity contribution in [1.29, 1.82) is 0 Å². The average Bonchev–Trinajstić information content (AvgIpc) is 3.59. The Morgan fingerprint density at radius 3 is 1.34 bits per heavy atom. The van der Waals surface area contributed by atoms with Crippen LogP contribution in [0.5, 0.6) is 0 Å². The number of aromatic nitrogens is 2. The summed E-state index contributed by atoms with van der Waals surface area (Å²) >= 11 is 2.67. The summed E-state index contributed by atoms with van der Waals surface area (Å²) in [5.41, 5.74) is -1.91. The molecule has 0 saturated carbocycles. The van der Waals surface area contributed by atoms with E-state index in [4.69, 9.17) is 0 Å². The maximum Gasteiger partial charge on any atom is 0.380 e. The smallest absolute Gasteiger partial charge is 0.347 e. The Hall–Kier alpha value is -2.72. The molecule has 0 fully saturated rings. The Labute approximate surface area is 205 Å². The summed E-state index contributed by atoms with van der Waals surface area (Å²) in [6.45, 7) is 2.94. The van der Waals surface area contributed by atoms with Crippen LogP contribution >= 0.6 is 22.7 Å². The Morgan fingerprint density at radius 2 is 1.03 bits per heavy atom. The van der Waals surface area contributed by atoms with Gasteiger partial charge >= 0.3 is 17.8 Å². The second kappa shape index (κ2) is 7.64. The van der Waals surface area contributed by atoms with Gasteiger partial charge in [0, 0.05) is 47.8 Å². The molecule has 0 bridgehead atoms. The van der Waals surface area contributed by atoms with Gasteiger partial charge in [-0.1, -0.05) is 12.1 Å². The van der Waals surface area contributed by atoms with E-state index in [-0.39, 0.29) is 22.5 Å². The number of allylic oxidation sites excluding steroid dienone is 2. The highest BCUT2D eigenvalue weighted by atomic mass is 32.1. The van der Waals surface area contributed by atoms with Crippen molar-refractivity contribution in [3.05, 3.63) is 69.7 Å². The van der Waals surface area contributed by atoms with E-state index in [0.717, 1.165) is 0 Å². The van der Waals surface area contributed by atoms with Gasteiger partial charge in [-0.15, -0.1) is 22.7 Å². The minimum Gasteiger partial charge on any atom is -0.347 e. The molecule has 2 nitrogen and oxygen atoms in total. The summed E-state index contributed by atoms with van der Waals surface area (Å²) in [7, 11) is 3.19.